The van der Waals surface area contributed by atoms with Crippen LogP contribution in [0.25, 0.3) is 11.3 Å². The number of pyridine rings is 2. The van der Waals surface area contributed by atoms with Crippen LogP contribution in [0, 0.1) is 6.92 Å². The lowest BCUT2D eigenvalue weighted by atomic mass is 10.0. The number of ether oxygens (including phenoxy) is 1. The maximum Gasteiger partial charge on any atom is 0.408 e. The molecule has 31 heavy (non-hydrogen) atoms. The number of H-pyrrole nitrogens is 1. The third-order valence-corrected chi connectivity index (χ3v) is 5.08. The van der Waals surface area contributed by atoms with Gasteiger partial charge >= 0.3 is 6.18 Å². The van der Waals surface area contributed by atoms with Crippen molar-refractivity contribution in [3.8, 4) is 17.0 Å². The molecule has 0 saturated carbocycles. The maximum atomic E-state index is 13.1. The normalized spacial score (nSPS) is 16.0. The van der Waals surface area contributed by atoms with Crippen LogP contribution in [0.1, 0.15) is 34.6 Å². The van der Waals surface area contributed by atoms with Gasteiger partial charge in [-0.25, -0.2) is 4.98 Å². The number of nitrogens with one attached hydrogen (secondary N) is 1. The van der Waals surface area contributed by atoms with Crippen LogP contribution >= 0.6 is 0 Å². The lowest BCUT2D eigenvalue weighted by Gasteiger charge is -2.19. The Balaban J connectivity index is 1.72. The van der Waals surface area contributed by atoms with Crippen LogP contribution in [-0.4, -0.2) is 38.9 Å². The second-order valence-corrected chi connectivity index (χ2v) is 7.23. The summed E-state index contributed by atoms with van der Waals surface area (Å²) >= 11 is 0. The molecule has 8 nitrogen and oxygen atoms in total. The van der Waals surface area contributed by atoms with Crippen molar-refractivity contribution in [3.05, 3.63) is 57.9 Å². The van der Waals surface area contributed by atoms with Crippen molar-refractivity contribution in [1.82, 2.24) is 19.7 Å². The SMILES string of the molecule is COc1cc(-c2cc(C)c3c(n2)C(C)N(c2cnn(CC(F)(F)F)c2)C3=O)c[nH]c1=O. The number of rotatable bonds is 4. The fourth-order valence-corrected chi connectivity index (χ4v) is 3.69. The van der Waals surface area contributed by atoms with Gasteiger partial charge in [-0.15, -0.1) is 0 Å². The molecule has 3 aromatic rings. The van der Waals surface area contributed by atoms with E-state index in [1.165, 1.54) is 30.6 Å². The Bertz CT molecular complexity index is 1230. The molecule has 1 N–H and O–H groups in total. The molecule has 0 aliphatic carbocycles. The Labute approximate surface area is 174 Å². The number of alkyl halides is 3. The summed E-state index contributed by atoms with van der Waals surface area (Å²) < 4.78 is 43.8. The molecule has 11 heteroatoms. The summed E-state index contributed by atoms with van der Waals surface area (Å²) in [4.78, 5) is 33.4. The van der Waals surface area contributed by atoms with Gasteiger partial charge in [0.25, 0.3) is 11.5 Å². The third-order valence-electron chi connectivity index (χ3n) is 5.08. The van der Waals surface area contributed by atoms with Crippen LogP contribution in [-0.2, 0) is 6.54 Å². The maximum absolute atomic E-state index is 13.1. The van der Waals surface area contributed by atoms with E-state index in [2.05, 4.69) is 15.1 Å². The molecule has 3 aromatic heterocycles. The molecule has 4 rings (SSSR count). The number of carbonyl (C=O) groups is 1. The average Bonchev–Trinajstić information content (AvgIpc) is 3.23. The van der Waals surface area contributed by atoms with Gasteiger partial charge in [-0.3, -0.25) is 19.2 Å². The van der Waals surface area contributed by atoms with Crippen molar-refractivity contribution in [2.24, 2.45) is 0 Å². The number of carbonyl (C=O) groups excluding carboxylic acids is 1. The van der Waals surface area contributed by atoms with Gasteiger partial charge in [-0.1, -0.05) is 0 Å². The molecule has 4 heterocycles. The summed E-state index contributed by atoms with van der Waals surface area (Å²) in [6.45, 7) is 2.26. The number of amides is 1. The lowest BCUT2D eigenvalue weighted by molar-refractivity contribution is -0.142. The van der Waals surface area contributed by atoms with Crippen LogP contribution in [0.5, 0.6) is 5.75 Å². The van der Waals surface area contributed by atoms with E-state index in [0.717, 1.165) is 4.68 Å². The number of hydrogen-bond acceptors (Lipinski definition) is 5. The Kier molecular flexibility index (Phi) is 4.83. The first-order valence-electron chi connectivity index (χ1n) is 9.30. The predicted molar refractivity (Wildman–Crippen MR) is 105 cm³/mol. The fraction of sp³-hybridized carbons (Fsp3) is 0.300. The molecule has 0 radical (unpaired) electrons. The summed E-state index contributed by atoms with van der Waals surface area (Å²) in [7, 11) is 1.38. The number of hydrogen-bond donors (Lipinski definition) is 1. The van der Waals surface area contributed by atoms with Gasteiger partial charge in [0.05, 0.1) is 42.0 Å². The highest BCUT2D eigenvalue weighted by atomic mass is 19.4. The van der Waals surface area contributed by atoms with Crippen molar-refractivity contribution < 1.29 is 22.7 Å². The molecule has 162 valence electrons. The second-order valence-electron chi connectivity index (χ2n) is 7.23. The van der Waals surface area contributed by atoms with Crippen LogP contribution in [0.3, 0.4) is 0 Å². The Morgan fingerprint density at radius 2 is 2.00 bits per heavy atom. The minimum atomic E-state index is -4.42. The van der Waals surface area contributed by atoms with E-state index in [4.69, 9.17) is 4.74 Å². The van der Waals surface area contributed by atoms with E-state index in [0.29, 0.717) is 28.1 Å². The number of aromatic nitrogens is 4. The molecule has 1 amide bonds. The first-order chi connectivity index (χ1) is 14.6. The number of methoxy groups -OCH3 is 1. The van der Waals surface area contributed by atoms with Crippen molar-refractivity contribution in [1.29, 1.82) is 0 Å². The van der Waals surface area contributed by atoms with Gasteiger partial charge in [0, 0.05) is 18.0 Å². The molecule has 0 aromatic carbocycles. The molecule has 1 atom stereocenters. The van der Waals surface area contributed by atoms with Gasteiger partial charge in [-0.05, 0) is 31.5 Å². The Hall–Kier alpha value is -3.63. The van der Waals surface area contributed by atoms with E-state index in [1.807, 2.05) is 0 Å². The van der Waals surface area contributed by atoms with E-state index in [9.17, 15) is 22.8 Å². The zero-order chi connectivity index (χ0) is 22.5. The van der Waals surface area contributed by atoms with Crippen LogP contribution < -0.4 is 15.2 Å². The Morgan fingerprint density at radius 3 is 2.68 bits per heavy atom. The fourth-order valence-electron chi connectivity index (χ4n) is 3.69. The number of nitrogens with zero attached hydrogens (tertiary/aromatic N) is 4. The summed E-state index contributed by atoms with van der Waals surface area (Å²) in [5.74, 6) is -0.232. The minimum absolute atomic E-state index is 0.125. The molecule has 0 saturated heterocycles. The first kappa shape index (κ1) is 20.6. The summed E-state index contributed by atoms with van der Waals surface area (Å²) in [5.41, 5.74) is 2.55. The first-order valence-corrected chi connectivity index (χ1v) is 9.30. The van der Waals surface area contributed by atoms with Gasteiger partial charge < -0.3 is 9.72 Å². The van der Waals surface area contributed by atoms with Crippen LogP contribution in [0.4, 0.5) is 18.9 Å². The number of aromatic amines is 1. The largest absolute Gasteiger partial charge is 0.491 e. The molecule has 0 spiro atoms. The summed E-state index contributed by atoms with van der Waals surface area (Å²) in [6.07, 6.45) is -0.497. The number of halogens is 3. The summed E-state index contributed by atoms with van der Waals surface area (Å²) in [5, 5.41) is 3.73. The topological polar surface area (TPSA) is 93.1 Å². The standard InChI is InChI=1S/C20H18F3N5O3/c1-10-4-14(12-5-15(31-3)18(29)24-6-12)26-17-11(2)28(19(30)16(10)17)13-7-25-27(8-13)9-20(21,22)23/h4-8,11H,9H2,1-3H3,(H,24,29). The molecule has 1 aliphatic rings. The Morgan fingerprint density at radius 1 is 1.26 bits per heavy atom. The highest BCUT2D eigenvalue weighted by molar-refractivity contribution is 6.11. The molecule has 1 unspecified atom stereocenters. The van der Waals surface area contributed by atoms with Crippen LogP contribution in [0.2, 0.25) is 0 Å². The number of anilines is 1. The van der Waals surface area contributed by atoms with E-state index in [1.54, 1.807) is 26.0 Å². The molecular weight excluding hydrogens is 415 g/mol. The highest BCUT2D eigenvalue weighted by Gasteiger charge is 2.39. The van der Waals surface area contributed by atoms with Crippen molar-refractivity contribution in [2.45, 2.75) is 32.6 Å². The lowest BCUT2D eigenvalue weighted by Crippen LogP contribution is -2.26. The zero-order valence-corrected chi connectivity index (χ0v) is 16.8. The number of fused-ring (bicyclic) bond motifs is 1. The zero-order valence-electron chi connectivity index (χ0n) is 16.8. The molecule has 0 fully saturated rings. The predicted octanol–water partition coefficient (Wildman–Crippen LogP) is 3.23. The van der Waals surface area contributed by atoms with Crippen LogP contribution in [0.15, 0.2) is 35.5 Å². The molecular formula is C20H18F3N5O3. The quantitative estimate of drug-likeness (QED) is 0.682. The van der Waals surface area contributed by atoms with E-state index < -0.39 is 18.8 Å². The van der Waals surface area contributed by atoms with Crippen molar-refractivity contribution >= 4 is 11.6 Å². The van der Waals surface area contributed by atoms with Gasteiger partial charge in [0.2, 0.25) is 0 Å². The third kappa shape index (κ3) is 3.66. The van der Waals surface area contributed by atoms with Crippen molar-refractivity contribution in [2.75, 3.05) is 12.0 Å². The second kappa shape index (κ2) is 7.25. The molecule has 1 aliphatic heterocycles. The van der Waals surface area contributed by atoms with E-state index in [-0.39, 0.29) is 22.9 Å². The summed E-state index contributed by atoms with van der Waals surface area (Å²) in [6, 6.07) is 2.75. The highest BCUT2D eigenvalue weighted by Crippen LogP contribution is 2.39. The average molecular weight is 433 g/mol. The van der Waals surface area contributed by atoms with Gasteiger partial charge in [-0.2, -0.15) is 18.3 Å². The smallest absolute Gasteiger partial charge is 0.408 e. The van der Waals surface area contributed by atoms with Gasteiger partial charge in [0.15, 0.2) is 5.75 Å². The van der Waals surface area contributed by atoms with E-state index >= 15 is 0 Å². The number of aryl methyl sites for hydroxylation is 1. The van der Waals surface area contributed by atoms with Gasteiger partial charge in [0.1, 0.15) is 6.54 Å². The molecule has 0 bridgehead atoms. The minimum Gasteiger partial charge on any atom is -0.491 e. The van der Waals surface area contributed by atoms with Crippen molar-refractivity contribution in [3.63, 3.8) is 0 Å². The monoisotopic (exact) mass is 433 g/mol.